The average molecular weight is 1130 g/mol. The zero-order valence-electron chi connectivity index (χ0n) is 48.6. The molecule has 3 aromatic carbocycles. The number of fused-ring (bicyclic) bond motifs is 2. The predicted octanol–water partition coefficient (Wildman–Crippen LogP) is 5.60. The van der Waals surface area contributed by atoms with Gasteiger partial charge in [0.05, 0.1) is 24.2 Å². The van der Waals surface area contributed by atoms with Gasteiger partial charge in [-0.25, -0.2) is 0 Å². The Morgan fingerprint density at radius 3 is 1.20 bits per heavy atom. The van der Waals surface area contributed by atoms with E-state index in [0.29, 0.717) is 0 Å². The van der Waals surface area contributed by atoms with E-state index in [4.69, 9.17) is 0 Å². The molecule has 4 fully saturated rings. The molecule has 4 aliphatic carbocycles. The molecule has 8 N–H and O–H groups in total. The highest BCUT2D eigenvalue weighted by atomic mass is 16.2. The zero-order chi connectivity index (χ0) is 57.9. The third kappa shape index (κ3) is 14.4. The maximum Gasteiger partial charge on any atom is 0.251 e. The Balaban J connectivity index is 0.903. The summed E-state index contributed by atoms with van der Waals surface area (Å²) in [4.78, 5) is 118. The molecule has 1 unspecified atom stereocenters. The Kier molecular flexibility index (Phi) is 20.5. The molecule has 6 aliphatic rings. The molecule has 10 atom stereocenters. The normalized spacial score (nSPS) is 24.6. The van der Waals surface area contributed by atoms with E-state index in [-0.39, 0.29) is 96.4 Å². The number of benzene rings is 3. The van der Waals surface area contributed by atoms with Crippen LogP contribution in [0.25, 0.3) is 0 Å². The summed E-state index contributed by atoms with van der Waals surface area (Å²) in [5.74, 6) is -2.97. The number of nitrogens with zero attached hydrogens (tertiary/aromatic N) is 2. The van der Waals surface area contributed by atoms with Crippen molar-refractivity contribution in [3.8, 4) is 0 Å². The molecule has 0 radical (unpaired) electrons. The molecule has 0 spiro atoms. The van der Waals surface area contributed by atoms with E-state index in [2.05, 4.69) is 66.8 Å². The van der Waals surface area contributed by atoms with Crippen LogP contribution in [0.3, 0.4) is 0 Å². The molecule has 442 valence electrons. The van der Waals surface area contributed by atoms with Crippen LogP contribution in [0.2, 0.25) is 0 Å². The monoisotopic (exact) mass is 1120 g/mol. The minimum Gasteiger partial charge on any atom is -0.347 e. The molecule has 2 saturated heterocycles. The number of rotatable bonds is 18. The number of hydrogen-bond acceptors (Lipinski definition) is 10. The first-order valence-electron chi connectivity index (χ1n) is 30.8. The summed E-state index contributed by atoms with van der Waals surface area (Å²) in [7, 11) is 3.39. The Morgan fingerprint density at radius 2 is 0.817 bits per heavy atom. The Morgan fingerprint density at radius 1 is 0.451 bits per heavy atom. The maximum absolute atomic E-state index is 15.0. The van der Waals surface area contributed by atoms with Gasteiger partial charge in [-0.2, -0.15) is 0 Å². The van der Waals surface area contributed by atoms with Gasteiger partial charge in [-0.15, -0.1) is 0 Å². The number of hydrogen-bond donors (Lipinski definition) is 8. The van der Waals surface area contributed by atoms with Crippen molar-refractivity contribution in [1.82, 2.24) is 52.3 Å². The van der Waals surface area contributed by atoms with Gasteiger partial charge in [0.15, 0.2) is 0 Å². The summed E-state index contributed by atoms with van der Waals surface area (Å²) in [5, 5.41) is 24.9. The van der Waals surface area contributed by atoms with E-state index in [1.54, 1.807) is 62.0 Å². The minimum absolute atomic E-state index is 0.0573. The van der Waals surface area contributed by atoms with Crippen LogP contribution in [0.1, 0.15) is 184 Å². The lowest BCUT2D eigenvalue weighted by molar-refractivity contribution is -0.143. The van der Waals surface area contributed by atoms with E-state index in [1.165, 1.54) is 11.1 Å². The minimum atomic E-state index is -0.913. The molecular weight excluding hydrogens is 1040 g/mol. The van der Waals surface area contributed by atoms with Crippen LogP contribution < -0.4 is 42.5 Å². The van der Waals surface area contributed by atoms with Gasteiger partial charge in [0, 0.05) is 36.3 Å². The van der Waals surface area contributed by atoms with Crippen molar-refractivity contribution >= 4 is 47.3 Å². The first-order chi connectivity index (χ1) is 39.7. The lowest BCUT2D eigenvalue weighted by atomic mass is 9.83. The standard InChI is InChI=1S/C64H88N10O8/c1-39(65-3)57(75)71-55(43-23-7-5-8-24-43)63(81)73-37-47(35-53(73)61(79)69-51-29-17-13-21-41-19-11-15-27-49(41)51)67-59(77)45-31-33-46(34-32-45)60(78)68-48-36-54(62(80)70-52-30-18-14-22-42-20-12-16-28-50(42)52)74(38-48)64(82)56(44-25-9-6-10-26-44)72-58(76)40(2)66-4/h11-12,15-16,19-20,27-28,31-34,39-40,43-44,47-48,51-56,65-66H,5-10,13-14,17-18,21-26,29-30,35-38H2,1-4H3,(H,67,77)(H,68,78)(H,69,79)(H,70,80)(H,71,75)(H,72,76)/t39-,40-,47-,48?,51-,52+,53-,54-,55-,56-/m0/s1. The number of aryl methyl sites for hydroxylation is 2. The van der Waals surface area contributed by atoms with E-state index in [9.17, 15) is 38.4 Å². The van der Waals surface area contributed by atoms with Crippen molar-refractivity contribution in [2.24, 2.45) is 11.8 Å². The first-order valence-corrected chi connectivity index (χ1v) is 30.8. The van der Waals surface area contributed by atoms with Crippen molar-refractivity contribution in [3.05, 3.63) is 106 Å². The third-order valence-electron chi connectivity index (χ3n) is 18.7. The molecule has 9 rings (SSSR count). The molecule has 82 heavy (non-hydrogen) atoms. The van der Waals surface area contributed by atoms with E-state index >= 15 is 0 Å². The van der Waals surface area contributed by atoms with Crippen LogP contribution in [0.15, 0.2) is 72.8 Å². The SMILES string of the molecule is CN[C@@H](C)C(=O)N[C@H](C(=O)N1C[C@@H](NC(=O)c2ccc(C(=O)NC3C[C@@H](C(=O)N[C@@H]4CCCCc5ccccc54)N(C(=O)[C@@H](NC(=O)[C@H](C)NC)C4CCCCC4)C3)cc2)C[C@H]1C(=O)N[C@H]1CCCCc2ccccc21)C1CCCCC1. The average Bonchev–Trinajstić information content (AvgIpc) is 4.05. The Labute approximate surface area is 484 Å². The van der Waals surface area contributed by atoms with E-state index in [1.807, 2.05) is 24.3 Å². The second kappa shape index (κ2) is 28.1. The zero-order valence-corrected chi connectivity index (χ0v) is 48.6. The van der Waals surface area contributed by atoms with Gasteiger partial charge in [0.1, 0.15) is 24.2 Å². The summed E-state index contributed by atoms with van der Waals surface area (Å²) in [6.07, 6.45) is 16.5. The number of likely N-dealkylation sites (tertiary alicyclic amines) is 2. The molecule has 18 heteroatoms. The molecule has 0 bridgehead atoms. The molecule has 2 aliphatic heterocycles. The molecule has 8 amide bonds. The molecular formula is C64H88N10O8. The van der Waals surface area contributed by atoms with Crippen LogP contribution in [0.5, 0.6) is 0 Å². The number of carbonyl (C=O) groups excluding carboxylic acids is 8. The van der Waals surface area contributed by atoms with Gasteiger partial charge in [-0.3, -0.25) is 38.4 Å². The van der Waals surface area contributed by atoms with E-state index in [0.717, 1.165) is 127 Å². The summed E-state index contributed by atoms with van der Waals surface area (Å²) < 4.78 is 0. The fraction of sp³-hybridized carbons (Fsp3) is 0.594. The molecule has 3 aromatic rings. The predicted molar refractivity (Wildman–Crippen MR) is 313 cm³/mol. The number of amides is 8. The summed E-state index contributed by atoms with van der Waals surface area (Å²) in [5.41, 5.74) is 5.07. The van der Waals surface area contributed by atoms with Crippen LogP contribution >= 0.6 is 0 Å². The molecule has 18 nitrogen and oxygen atoms in total. The molecule has 0 aromatic heterocycles. The highest BCUT2D eigenvalue weighted by molar-refractivity contribution is 5.99. The first kappa shape index (κ1) is 59.9. The summed E-state index contributed by atoms with van der Waals surface area (Å²) >= 11 is 0. The molecule has 2 saturated carbocycles. The van der Waals surface area contributed by atoms with Gasteiger partial charge in [-0.1, -0.05) is 99.9 Å². The third-order valence-corrected chi connectivity index (χ3v) is 18.7. The van der Waals surface area contributed by atoms with Gasteiger partial charge in [0.2, 0.25) is 35.4 Å². The van der Waals surface area contributed by atoms with Crippen molar-refractivity contribution in [1.29, 1.82) is 0 Å². The van der Waals surface area contributed by atoms with Crippen molar-refractivity contribution in [3.63, 3.8) is 0 Å². The topological polar surface area (TPSA) is 239 Å². The van der Waals surface area contributed by atoms with Gasteiger partial charge in [0.25, 0.3) is 11.8 Å². The maximum atomic E-state index is 15.0. The van der Waals surface area contributed by atoms with Crippen LogP contribution in [-0.4, -0.2) is 133 Å². The number of carbonyl (C=O) groups is 8. The molecule has 2 heterocycles. The van der Waals surface area contributed by atoms with Gasteiger partial charge in [-0.05, 0) is 163 Å². The number of nitrogens with one attached hydrogen (secondary N) is 8. The van der Waals surface area contributed by atoms with E-state index < -0.39 is 60.1 Å². The Bertz CT molecular complexity index is 2580. The van der Waals surface area contributed by atoms with Gasteiger partial charge < -0.3 is 52.3 Å². The highest BCUT2D eigenvalue weighted by Gasteiger charge is 2.47. The van der Waals surface area contributed by atoms with Crippen molar-refractivity contribution in [2.75, 3.05) is 27.2 Å². The quantitative estimate of drug-likeness (QED) is 0.0734. The summed E-state index contributed by atoms with van der Waals surface area (Å²) in [6.45, 7) is 3.60. The van der Waals surface area contributed by atoms with Gasteiger partial charge >= 0.3 is 0 Å². The summed E-state index contributed by atoms with van der Waals surface area (Å²) in [6, 6.07) is 16.2. The van der Waals surface area contributed by atoms with Crippen molar-refractivity contribution < 1.29 is 38.4 Å². The lowest BCUT2D eigenvalue weighted by Gasteiger charge is -2.35. The second-order valence-corrected chi connectivity index (χ2v) is 24.2. The number of likely N-dealkylation sites (N-methyl/N-ethyl adjacent to an activating group) is 2. The van der Waals surface area contributed by atoms with Crippen molar-refractivity contribution in [2.45, 2.75) is 203 Å². The smallest absolute Gasteiger partial charge is 0.251 e. The second-order valence-electron chi connectivity index (χ2n) is 24.2. The Hall–Kier alpha value is -6.66. The van der Waals surface area contributed by atoms with Crippen LogP contribution in [0, 0.1) is 11.8 Å². The highest BCUT2D eigenvalue weighted by Crippen LogP contribution is 2.35. The largest absolute Gasteiger partial charge is 0.347 e. The van der Waals surface area contributed by atoms with Crippen LogP contribution in [-0.2, 0) is 41.6 Å². The lowest BCUT2D eigenvalue weighted by Crippen LogP contribution is -2.58. The van der Waals surface area contributed by atoms with Crippen LogP contribution in [0.4, 0.5) is 0 Å². The fourth-order valence-electron chi connectivity index (χ4n) is 13.7. The fourth-order valence-corrected chi connectivity index (χ4v) is 13.7.